The lowest BCUT2D eigenvalue weighted by Gasteiger charge is -2.31. The van der Waals surface area contributed by atoms with Crippen LogP contribution in [0.4, 0.5) is 0 Å². The third-order valence-corrected chi connectivity index (χ3v) is 6.60. The van der Waals surface area contributed by atoms with Crippen molar-refractivity contribution < 1.29 is 23.8 Å². The Morgan fingerprint density at radius 1 is 0.846 bits per heavy atom. The van der Waals surface area contributed by atoms with Crippen LogP contribution in [0.25, 0.3) is 0 Å². The third kappa shape index (κ3) is 6.51. The predicted molar refractivity (Wildman–Crippen MR) is 148 cm³/mol. The van der Waals surface area contributed by atoms with E-state index in [1.54, 1.807) is 24.3 Å². The average molecular weight is 543 g/mol. The summed E-state index contributed by atoms with van der Waals surface area (Å²) in [7, 11) is 0. The van der Waals surface area contributed by atoms with Crippen molar-refractivity contribution >= 4 is 23.4 Å². The maximum atomic E-state index is 13.8. The van der Waals surface area contributed by atoms with Crippen molar-refractivity contribution in [3.05, 3.63) is 125 Å². The number of nitrogens with one attached hydrogen (secondary N) is 1. The molecule has 5 rings (SSSR count). The van der Waals surface area contributed by atoms with Crippen LogP contribution in [0.15, 0.2) is 103 Å². The van der Waals surface area contributed by atoms with Crippen LogP contribution in [0.1, 0.15) is 22.7 Å². The predicted octanol–water partition coefficient (Wildman–Crippen LogP) is 5.53. The molecule has 7 nitrogen and oxygen atoms in total. The molecule has 4 aromatic carbocycles. The lowest BCUT2D eigenvalue weighted by molar-refractivity contribution is -0.143. The van der Waals surface area contributed by atoms with E-state index in [4.69, 9.17) is 25.8 Å². The summed E-state index contributed by atoms with van der Waals surface area (Å²) < 4.78 is 16.6. The maximum Gasteiger partial charge on any atom is 0.261 e. The fourth-order valence-corrected chi connectivity index (χ4v) is 4.52. The zero-order valence-corrected chi connectivity index (χ0v) is 21.8. The number of carbonyl (C=O) groups excluding carboxylic acids is 2. The molecule has 0 aromatic heterocycles. The number of hydrogen-bond acceptors (Lipinski definition) is 5. The topological polar surface area (TPSA) is 77.1 Å². The Balaban J connectivity index is 1.41. The molecule has 1 N–H and O–H groups in total. The summed E-state index contributed by atoms with van der Waals surface area (Å²) >= 11 is 6.23. The number of nitrogens with zero attached hydrogens (tertiary/aromatic N) is 1. The molecule has 1 aliphatic rings. The van der Waals surface area contributed by atoms with Gasteiger partial charge in [-0.05, 0) is 41.0 Å². The molecule has 4 aromatic rings. The highest BCUT2D eigenvalue weighted by atomic mass is 35.5. The van der Waals surface area contributed by atoms with E-state index in [2.05, 4.69) is 5.32 Å². The minimum Gasteiger partial charge on any atom is -0.482 e. The molecule has 2 amide bonds. The molecule has 0 fully saturated rings. The van der Waals surface area contributed by atoms with Crippen LogP contribution in [0.3, 0.4) is 0 Å². The fraction of sp³-hybridized carbons (Fsp3) is 0.161. The Morgan fingerprint density at radius 3 is 2.31 bits per heavy atom. The Labute approximate surface area is 231 Å². The number of benzene rings is 4. The van der Waals surface area contributed by atoms with Gasteiger partial charge in [0.25, 0.3) is 5.91 Å². The van der Waals surface area contributed by atoms with Gasteiger partial charge in [-0.15, -0.1) is 0 Å². The zero-order chi connectivity index (χ0) is 27.0. The molecule has 8 heteroatoms. The first-order valence-electron chi connectivity index (χ1n) is 12.5. The van der Waals surface area contributed by atoms with Crippen molar-refractivity contribution in [3.63, 3.8) is 0 Å². The van der Waals surface area contributed by atoms with Gasteiger partial charge in [0.2, 0.25) is 12.7 Å². The molecule has 39 heavy (non-hydrogen) atoms. The van der Waals surface area contributed by atoms with Crippen molar-refractivity contribution in [2.45, 2.75) is 19.1 Å². The second-order valence-electron chi connectivity index (χ2n) is 8.94. The SMILES string of the molecule is O=C(NCc1ccc2c(c1)OCO2)C(c1ccccc1)N(Cc1ccccc1)C(=O)COc1ccccc1Cl. The van der Waals surface area contributed by atoms with Crippen molar-refractivity contribution in [3.8, 4) is 17.2 Å². The minimum atomic E-state index is -0.900. The molecule has 0 saturated carbocycles. The number of rotatable bonds is 10. The number of para-hydroxylation sites is 1. The van der Waals surface area contributed by atoms with Crippen molar-refractivity contribution in [2.75, 3.05) is 13.4 Å². The Bertz CT molecular complexity index is 1430. The first-order valence-corrected chi connectivity index (χ1v) is 12.9. The molecule has 0 spiro atoms. The molecule has 0 saturated heterocycles. The second kappa shape index (κ2) is 12.4. The molecule has 0 bridgehead atoms. The van der Waals surface area contributed by atoms with Gasteiger partial charge in [0.1, 0.15) is 11.8 Å². The van der Waals surface area contributed by atoms with Crippen LogP contribution in [-0.2, 0) is 22.7 Å². The second-order valence-corrected chi connectivity index (χ2v) is 9.35. The largest absolute Gasteiger partial charge is 0.482 e. The summed E-state index contributed by atoms with van der Waals surface area (Å²) in [5.74, 6) is 1.03. The first-order chi connectivity index (χ1) is 19.1. The molecular weight excluding hydrogens is 516 g/mol. The lowest BCUT2D eigenvalue weighted by Crippen LogP contribution is -2.45. The van der Waals surface area contributed by atoms with Crippen LogP contribution < -0.4 is 19.5 Å². The number of carbonyl (C=O) groups is 2. The van der Waals surface area contributed by atoms with Gasteiger partial charge in [-0.2, -0.15) is 0 Å². The van der Waals surface area contributed by atoms with Gasteiger partial charge in [0.05, 0.1) is 5.02 Å². The molecule has 0 aliphatic carbocycles. The quantitative estimate of drug-likeness (QED) is 0.285. The van der Waals surface area contributed by atoms with Gasteiger partial charge in [-0.3, -0.25) is 9.59 Å². The maximum absolute atomic E-state index is 13.8. The highest BCUT2D eigenvalue weighted by Gasteiger charge is 2.32. The Morgan fingerprint density at radius 2 is 1.54 bits per heavy atom. The minimum absolute atomic E-state index is 0.175. The summed E-state index contributed by atoms with van der Waals surface area (Å²) in [6, 6.07) is 30.4. The van der Waals surface area contributed by atoms with Gasteiger partial charge in [-0.25, -0.2) is 0 Å². The van der Waals surface area contributed by atoms with E-state index in [0.29, 0.717) is 27.8 Å². The summed E-state index contributed by atoms with van der Waals surface area (Å²) in [6.45, 7) is 0.355. The molecule has 1 aliphatic heterocycles. The lowest BCUT2D eigenvalue weighted by atomic mass is 10.0. The van der Waals surface area contributed by atoms with Gasteiger partial charge in [-0.1, -0.05) is 90.5 Å². The monoisotopic (exact) mass is 542 g/mol. The number of fused-ring (bicyclic) bond motifs is 1. The van der Waals surface area contributed by atoms with Gasteiger partial charge in [0, 0.05) is 13.1 Å². The summed E-state index contributed by atoms with van der Waals surface area (Å²) in [6.07, 6.45) is 0. The van der Waals surface area contributed by atoms with Crippen molar-refractivity contribution in [2.24, 2.45) is 0 Å². The Hall–Kier alpha value is -4.49. The summed E-state index contributed by atoms with van der Waals surface area (Å²) in [5.41, 5.74) is 2.42. The van der Waals surface area contributed by atoms with Crippen LogP contribution in [-0.4, -0.2) is 30.1 Å². The normalized spacial score (nSPS) is 12.4. The van der Waals surface area contributed by atoms with Crippen molar-refractivity contribution in [1.29, 1.82) is 0 Å². The van der Waals surface area contributed by atoms with Gasteiger partial charge < -0.3 is 24.4 Å². The number of ether oxygens (including phenoxy) is 3. The fourth-order valence-electron chi connectivity index (χ4n) is 4.33. The summed E-state index contributed by atoms with van der Waals surface area (Å²) in [5, 5.41) is 3.41. The molecule has 198 valence electrons. The van der Waals surface area contributed by atoms with E-state index in [1.165, 1.54) is 4.90 Å². The van der Waals surface area contributed by atoms with Gasteiger partial charge in [0.15, 0.2) is 18.1 Å². The van der Waals surface area contributed by atoms with E-state index in [0.717, 1.165) is 11.1 Å². The zero-order valence-electron chi connectivity index (χ0n) is 21.1. The van der Waals surface area contributed by atoms with Crippen LogP contribution in [0.5, 0.6) is 17.2 Å². The number of halogens is 1. The number of amides is 2. The van der Waals surface area contributed by atoms with E-state index in [1.807, 2.05) is 78.9 Å². The van der Waals surface area contributed by atoms with Crippen LogP contribution in [0, 0.1) is 0 Å². The highest BCUT2D eigenvalue weighted by molar-refractivity contribution is 6.32. The van der Waals surface area contributed by atoms with Crippen LogP contribution >= 0.6 is 11.6 Å². The van der Waals surface area contributed by atoms with Gasteiger partial charge >= 0.3 is 0 Å². The van der Waals surface area contributed by atoms with Crippen LogP contribution in [0.2, 0.25) is 5.02 Å². The molecule has 0 radical (unpaired) electrons. The van der Waals surface area contributed by atoms with E-state index in [-0.39, 0.29) is 38.3 Å². The molecule has 1 unspecified atom stereocenters. The van der Waals surface area contributed by atoms with E-state index < -0.39 is 6.04 Å². The molecule has 1 heterocycles. The van der Waals surface area contributed by atoms with E-state index in [9.17, 15) is 9.59 Å². The molecular formula is C31H27ClN2O5. The smallest absolute Gasteiger partial charge is 0.261 e. The standard InChI is InChI=1S/C31H27ClN2O5/c32-25-13-7-8-14-26(25)37-20-29(35)34(19-22-9-3-1-4-10-22)30(24-11-5-2-6-12-24)31(36)33-18-23-15-16-27-28(17-23)39-21-38-27/h1-17,30H,18-21H2,(H,33,36). The summed E-state index contributed by atoms with van der Waals surface area (Å²) in [4.78, 5) is 29.0. The Kier molecular flexibility index (Phi) is 8.29. The average Bonchev–Trinajstić information content (AvgIpc) is 3.44. The highest BCUT2D eigenvalue weighted by Crippen LogP contribution is 2.32. The third-order valence-electron chi connectivity index (χ3n) is 6.28. The first kappa shape index (κ1) is 26.1. The van der Waals surface area contributed by atoms with Crippen molar-refractivity contribution in [1.82, 2.24) is 10.2 Å². The molecule has 1 atom stereocenters. The number of hydrogen-bond donors (Lipinski definition) is 1. The van der Waals surface area contributed by atoms with E-state index >= 15 is 0 Å².